The molecule has 3 aromatic heterocycles. The molecule has 1 aliphatic carbocycles. The van der Waals surface area contributed by atoms with Gasteiger partial charge in [-0.1, -0.05) is 12.5 Å². The molecule has 2 atom stereocenters. The van der Waals surface area contributed by atoms with E-state index in [1.807, 2.05) is 27.8 Å². The number of aliphatic hydroxyl groups excluding tert-OH is 1. The first-order valence-corrected chi connectivity index (χ1v) is 11.1. The normalized spacial score (nSPS) is 19.6. The number of benzene rings is 1. The van der Waals surface area contributed by atoms with E-state index in [1.54, 1.807) is 0 Å². The van der Waals surface area contributed by atoms with Gasteiger partial charge in [-0.25, -0.2) is 19.6 Å². The van der Waals surface area contributed by atoms with Gasteiger partial charge in [0, 0.05) is 24.6 Å². The molecule has 0 radical (unpaired) electrons. The molecule has 2 fully saturated rings. The highest BCUT2D eigenvalue weighted by Gasteiger charge is 2.30. The van der Waals surface area contributed by atoms with E-state index in [-0.39, 0.29) is 6.04 Å². The number of oxazole rings is 1. The fraction of sp³-hybridized carbons (Fsp3) is 0.333. The van der Waals surface area contributed by atoms with Crippen LogP contribution in [0, 0.1) is 11.8 Å². The minimum Gasteiger partial charge on any atom is -0.440 e. The number of nitrogen functional groups attached to an aromatic ring is 1. The number of aromatic nitrogens is 5. The molecule has 166 valence electrons. The minimum atomic E-state index is -0.678. The molecular formula is C24H23N7O2. The zero-order valence-electron chi connectivity index (χ0n) is 18.0. The van der Waals surface area contributed by atoms with Crippen LogP contribution in [-0.2, 0) is 0 Å². The summed E-state index contributed by atoms with van der Waals surface area (Å²) in [5.41, 5.74) is 9.78. The molecule has 0 spiro atoms. The third kappa shape index (κ3) is 3.53. The van der Waals surface area contributed by atoms with Crippen molar-refractivity contribution in [3.63, 3.8) is 0 Å². The Bertz CT molecular complexity index is 1440. The molecule has 1 saturated carbocycles. The molecule has 9 nitrogen and oxygen atoms in total. The Kier molecular flexibility index (Phi) is 4.64. The first-order chi connectivity index (χ1) is 16.1. The van der Waals surface area contributed by atoms with Crippen LogP contribution in [0.2, 0.25) is 0 Å². The lowest BCUT2D eigenvalue weighted by Gasteiger charge is -2.19. The summed E-state index contributed by atoms with van der Waals surface area (Å²) in [5.74, 6) is 7.97. The molecule has 1 saturated heterocycles. The molecule has 3 N–H and O–H groups in total. The number of hydrogen-bond donors (Lipinski definition) is 2. The van der Waals surface area contributed by atoms with Crippen LogP contribution >= 0.6 is 0 Å². The highest BCUT2D eigenvalue weighted by Crippen LogP contribution is 2.40. The van der Waals surface area contributed by atoms with Gasteiger partial charge in [0.25, 0.3) is 0 Å². The summed E-state index contributed by atoms with van der Waals surface area (Å²) < 4.78 is 7.70. The smallest absolute Gasteiger partial charge is 0.198 e. The zero-order valence-corrected chi connectivity index (χ0v) is 18.0. The lowest BCUT2D eigenvalue weighted by atomic mass is 10.2. The van der Waals surface area contributed by atoms with E-state index in [0.29, 0.717) is 35.0 Å². The first-order valence-electron chi connectivity index (χ1n) is 11.1. The fourth-order valence-electron chi connectivity index (χ4n) is 4.35. The largest absolute Gasteiger partial charge is 0.440 e. The summed E-state index contributed by atoms with van der Waals surface area (Å²) in [6, 6.07) is 5.80. The van der Waals surface area contributed by atoms with Crippen LogP contribution in [0.5, 0.6) is 0 Å². The van der Waals surface area contributed by atoms with Crippen molar-refractivity contribution in [1.82, 2.24) is 29.6 Å². The van der Waals surface area contributed by atoms with Gasteiger partial charge in [-0.15, -0.1) is 0 Å². The van der Waals surface area contributed by atoms with Crippen LogP contribution in [0.1, 0.15) is 48.4 Å². The second kappa shape index (κ2) is 7.69. The van der Waals surface area contributed by atoms with Crippen molar-refractivity contribution in [3.8, 4) is 11.8 Å². The van der Waals surface area contributed by atoms with Crippen LogP contribution in [0.3, 0.4) is 0 Å². The number of anilines is 1. The van der Waals surface area contributed by atoms with Crippen molar-refractivity contribution in [2.24, 2.45) is 0 Å². The maximum atomic E-state index is 10.1. The van der Waals surface area contributed by atoms with E-state index < -0.39 is 6.23 Å². The zero-order chi connectivity index (χ0) is 22.5. The molecule has 0 amide bonds. The topological polar surface area (TPSA) is 119 Å². The van der Waals surface area contributed by atoms with Crippen LogP contribution < -0.4 is 5.73 Å². The van der Waals surface area contributed by atoms with Gasteiger partial charge in [0.05, 0.1) is 11.4 Å². The lowest BCUT2D eigenvalue weighted by molar-refractivity contribution is 0.0586. The van der Waals surface area contributed by atoms with Crippen molar-refractivity contribution in [1.29, 1.82) is 0 Å². The number of likely N-dealkylation sites (tertiary alicyclic amines) is 1. The maximum Gasteiger partial charge on any atom is 0.198 e. The number of rotatable bonds is 4. The van der Waals surface area contributed by atoms with Crippen molar-refractivity contribution < 1.29 is 9.52 Å². The molecule has 1 aromatic carbocycles. The van der Waals surface area contributed by atoms with Gasteiger partial charge in [-0.3, -0.25) is 4.90 Å². The Morgan fingerprint density at radius 1 is 1.24 bits per heavy atom. The molecule has 6 rings (SSSR count). The van der Waals surface area contributed by atoms with Crippen molar-refractivity contribution in [2.45, 2.75) is 37.5 Å². The third-order valence-electron chi connectivity index (χ3n) is 6.30. The Hall–Kier alpha value is -3.74. The average Bonchev–Trinajstić information content (AvgIpc) is 3.24. The molecule has 1 unspecified atom stereocenters. The standard InChI is InChI=1S/C24H23N7O2/c1-2-20(32)30-10-9-16(12-30)31-23-21(22(25)26-13-27-23)17(29-31)7-3-14-4-8-19-18(11-14)28-24(33-19)15-5-6-15/h2,4,8,11,13,15-16,20,32H,1,5-6,9-10,12H2,(H2,25,26,27)/t16-,20?/m0/s1. The van der Waals surface area contributed by atoms with Gasteiger partial charge in [0.1, 0.15) is 29.6 Å². The maximum absolute atomic E-state index is 10.1. The Balaban J connectivity index is 1.36. The van der Waals surface area contributed by atoms with Gasteiger partial charge >= 0.3 is 0 Å². The molecule has 9 heteroatoms. The first kappa shape index (κ1) is 19.9. The van der Waals surface area contributed by atoms with Crippen molar-refractivity contribution in [2.75, 3.05) is 18.8 Å². The van der Waals surface area contributed by atoms with E-state index in [1.165, 1.54) is 12.4 Å². The van der Waals surface area contributed by atoms with Crippen LogP contribution in [0.15, 0.2) is 41.6 Å². The van der Waals surface area contributed by atoms with Crippen LogP contribution in [0.4, 0.5) is 5.82 Å². The number of nitrogens with two attached hydrogens (primary N) is 1. The van der Waals surface area contributed by atoms with Gasteiger partial charge in [-0.05, 0) is 49.5 Å². The van der Waals surface area contributed by atoms with E-state index in [9.17, 15) is 5.11 Å². The third-order valence-corrected chi connectivity index (χ3v) is 6.30. The monoisotopic (exact) mass is 441 g/mol. The second-order valence-electron chi connectivity index (χ2n) is 8.60. The number of nitrogens with zero attached hydrogens (tertiary/aromatic N) is 6. The molecule has 33 heavy (non-hydrogen) atoms. The van der Waals surface area contributed by atoms with Crippen LogP contribution in [-0.4, -0.2) is 54.1 Å². The second-order valence-corrected chi connectivity index (χ2v) is 8.60. The summed E-state index contributed by atoms with van der Waals surface area (Å²) in [7, 11) is 0. The quantitative estimate of drug-likeness (QED) is 0.366. The number of aliphatic hydroxyl groups is 1. The predicted molar refractivity (Wildman–Crippen MR) is 123 cm³/mol. The molecule has 4 heterocycles. The Morgan fingerprint density at radius 2 is 2.12 bits per heavy atom. The summed E-state index contributed by atoms with van der Waals surface area (Å²) >= 11 is 0. The molecule has 2 aliphatic rings. The lowest BCUT2D eigenvalue weighted by Crippen LogP contribution is -2.31. The highest BCUT2D eigenvalue weighted by atomic mass is 16.3. The summed E-state index contributed by atoms with van der Waals surface area (Å²) in [6.45, 7) is 5.04. The summed E-state index contributed by atoms with van der Waals surface area (Å²) in [4.78, 5) is 15.1. The van der Waals surface area contributed by atoms with Gasteiger partial charge < -0.3 is 15.3 Å². The average molecular weight is 441 g/mol. The van der Waals surface area contributed by atoms with E-state index >= 15 is 0 Å². The summed E-state index contributed by atoms with van der Waals surface area (Å²) in [5, 5.41) is 15.5. The number of hydrogen-bond acceptors (Lipinski definition) is 8. The number of fused-ring (bicyclic) bond motifs is 2. The Labute approximate surface area is 189 Å². The fourth-order valence-corrected chi connectivity index (χ4v) is 4.35. The van der Waals surface area contributed by atoms with Gasteiger partial charge in [0.2, 0.25) is 0 Å². The molecular weight excluding hydrogens is 418 g/mol. The van der Waals surface area contributed by atoms with E-state index in [0.717, 1.165) is 48.4 Å². The van der Waals surface area contributed by atoms with Crippen molar-refractivity contribution in [3.05, 3.63) is 54.3 Å². The van der Waals surface area contributed by atoms with Gasteiger partial charge in [0.15, 0.2) is 17.1 Å². The molecule has 4 aromatic rings. The van der Waals surface area contributed by atoms with Crippen molar-refractivity contribution >= 4 is 28.0 Å². The Morgan fingerprint density at radius 3 is 2.94 bits per heavy atom. The molecule has 1 aliphatic heterocycles. The molecule has 0 bridgehead atoms. The minimum absolute atomic E-state index is 0.0410. The summed E-state index contributed by atoms with van der Waals surface area (Å²) in [6.07, 6.45) is 5.40. The van der Waals surface area contributed by atoms with Crippen LogP contribution in [0.25, 0.3) is 22.1 Å². The van der Waals surface area contributed by atoms with E-state index in [4.69, 9.17) is 15.2 Å². The highest BCUT2D eigenvalue weighted by molar-refractivity contribution is 5.90. The van der Waals surface area contributed by atoms with E-state index in [2.05, 4.69) is 33.4 Å². The SMILES string of the molecule is C=CC(O)N1CC[C@H](n2nc(C#Cc3ccc4oc(C5CC5)nc4c3)c3c(N)ncnc32)C1. The predicted octanol–water partition coefficient (Wildman–Crippen LogP) is 2.58. The van der Waals surface area contributed by atoms with Gasteiger partial charge in [-0.2, -0.15) is 5.10 Å².